The van der Waals surface area contributed by atoms with E-state index in [1.165, 1.54) is 12.3 Å². The van der Waals surface area contributed by atoms with Crippen LogP contribution in [0.5, 0.6) is 0 Å². The summed E-state index contributed by atoms with van der Waals surface area (Å²) in [6, 6.07) is 0. The molecular formula is C4H5N2O2. The molecule has 1 aliphatic heterocycles. The number of aliphatic hydroxyl groups excluding tert-OH is 2. The van der Waals surface area contributed by atoms with Crippen LogP contribution in [-0.2, 0) is 0 Å². The maximum Gasteiger partial charge on any atom is 0.310 e. The van der Waals surface area contributed by atoms with E-state index < -0.39 is 0 Å². The van der Waals surface area contributed by atoms with Gasteiger partial charge in [-0.1, -0.05) is 0 Å². The van der Waals surface area contributed by atoms with Crippen LogP contribution in [0.1, 0.15) is 0 Å². The number of aliphatic hydroxyl groups is 2. The molecule has 8 heavy (non-hydrogen) atoms. The average Bonchev–Trinajstić information content (AvgIpc) is 1.64. The molecule has 0 aromatic heterocycles. The first kappa shape index (κ1) is 5.11. The molecular weight excluding hydrogens is 108 g/mol. The zero-order valence-corrected chi connectivity index (χ0v) is 4.00. The van der Waals surface area contributed by atoms with Crippen molar-refractivity contribution < 1.29 is 10.2 Å². The molecule has 0 saturated carbocycles. The molecule has 1 heterocycles. The van der Waals surface area contributed by atoms with Gasteiger partial charge in [-0.3, -0.25) is 0 Å². The van der Waals surface area contributed by atoms with Gasteiger partial charge in [0.2, 0.25) is 5.90 Å². The van der Waals surface area contributed by atoms with Crippen molar-refractivity contribution in [3.8, 4) is 0 Å². The van der Waals surface area contributed by atoms with Crippen molar-refractivity contribution in [3.63, 3.8) is 0 Å². The Morgan fingerprint density at radius 2 is 2.25 bits per heavy atom. The fourth-order valence-electron chi connectivity index (χ4n) is 0.369. The highest BCUT2D eigenvalue weighted by Gasteiger charge is 2.04. The van der Waals surface area contributed by atoms with Crippen LogP contribution >= 0.6 is 0 Å². The van der Waals surface area contributed by atoms with Gasteiger partial charge in [0, 0.05) is 12.3 Å². The predicted molar refractivity (Wildman–Crippen MR) is 27.5 cm³/mol. The minimum atomic E-state index is -0.287. The fourth-order valence-corrected chi connectivity index (χ4v) is 0.369. The Hall–Kier alpha value is -1.03. The van der Waals surface area contributed by atoms with Crippen LogP contribution in [0.4, 0.5) is 0 Å². The minimum Gasteiger partial charge on any atom is -0.493 e. The molecule has 0 aliphatic carbocycles. The smallest absolute Gasteiger partial charge is 0.310 e. The number of nitrogens with zero attached hydrogens (tertiary/aromatic N) is 1. The summed E-state index contributed by atoms with van der Waals surface area (Å²) in [6.07, 6.45) is 2.43. The summed E-state index contributed by atoms with van der Waals surface area (Å²) in [5.41, 5.74) is 0. The summed E-state index contributed by atoms with van der Waals surface area (Å²) < 4.78 is 0. The van der Waals surface area contributed by atoms with Crippen molar-refractivity contribution in [2.75, 3.05) is 0 Å². The minimum absolute atomic E-state index is 0.193. The lowest BCUT2D eigenvalue weighted by Crippen LogP contribution is -2.17. The van der Waals surface area contributed by atoms with Gasteiger partial charge in [-0.05, 0) is 0 Å². The van der Waals surface area contributed by atoms with Gasteiger partial charge in [0.25, 0.3) is 0 Å². The Kier molecular flexibility index (Phi) is 1.17. The van der Waals surface area contributed by atoms with Gasteiger partial charge in [0.15, 0.2) is 0 Å². The van der Waals surface area contributed by atoms with Crippen LogP contribution < -0.4 is 5.32 Å². The van der Waals surface area contributed by atoms with Crippen LogP contribution in [0.2, 0.25) is 0 Å². The summed E-state index contributed by atoms with van der Waals surface area (Å²) >= 11 is 0. The summed E-state index contributed by atoms with van der Waals surface area (Å²) in [7, 11) is 0. The van der Waals surface area contributed by atoms with Crippen molar-refractivity contribution >= 4 is 5.90 Å². The number of hydrogen-bond donors (Lipinski definition) is 3. The quantitative estimate of drug-likeness (QED) is 0.410. The molecule has 0 spiro atoms. The zero-order chi connectivity index (χ0) is 5.98. The van der Waals surface area contributed by atoms with E-state index in [1.807, 2.05) is 0 Å². The maximum absolute atomic E-state index is 8.52. The van der Waals surface area contributed by atoms with Gasteiger partial charge in [0.1, 0.15) is 0 Å². The molecule has 0 aromatic rings. The molecule has 0 bridgehead atoms. The van der Waals surface area contributed by atoms with E-state index in [-0.39, 0.29) is 12.2 Å². The number of nitrogens with one attached hydrogen (secondary N) is 1. The van der Waals surface area contributed by atoms with Gasteiger partial charge in [-0.15, -0.1) is 0 Å². The van der Waals surface area contributed by atoms with Gasteiger partial charge in [-0.25, -0.2) is 0 Å². The number of rotatable bonds is 0. The van der Waals surface area contributed by atoms with Gasteiger partial charge < -0.3 is 15.5 Å². The van der Waals surface area contributed by atoms with Gasteiger partial charge >= 0.3 is 6.35 Å². The van der Waals surface area contributed by atoms with E-state index in [9.17, 15) is 0 Å². The van der Waals surface area contributed by atoms with Gasteiger partial charge in [-0.2, -0.15) is 4.99 Å². The van der Waals surface area contributed by atoms with E-state index in [1.54, 1.807) is 0 Å². The highest BCUT2D eigenvalue weighted by atomic mass is 16.3. The Morgan fingerprint density at radius 1 is 1.50 bits per heavy atom. The SMILES string of the molecule is O[C]1N=C(O)C=CN1. The first-order valence-corrected chi connectivity index (χ1v) is 2.06. The van der Waals surface area contributed by atoms with E-state index in [0.29, 0.717) is 0 Å². The predicted octanol–water partition coefficient (Wildman–Crippen LogP) is -0.121. The van der Waals surface area contributed by atoms with Crippen molar-refractivity contribution in [2.24, 2.45) is 4.99 Å². The Balaban J connectivity index is 2.63. The third-order valence-electron chi connectivity index (χ3n) is 0.665. The highest BCUT2D eigenvalue weighted by Crippen LogP contribution is 1.95. The molecule has 0 fully saturated rings. The third-order valence-corrected chi connectivity index (χ3v) is 0.665. The van der Waals surface area contributed by atoms with Crippen molar-refractivity contribution in [1.29, 1.82) is 0 Å². The molecule has 0 saturated heterocycles. The number of hydrogen-bond acceptors (Lipinski definition) is 3. The first-order valence-electron chi connectivity index (χ1n) is 2.06. The molecule has 0 aromatic carbocycles. The van der Waals surface area contributed by atoms with Crippen molar-refractivity contribution in [2.45, 2.75) is 0 Å². The van der Waals surface area contributed by atoms with E-state index in [0.717, 1.165) is 0 Å². The first-order chi connectivity index (χ1) is 3.79. The van der Waals surface area contributed by atoms with Crippen LogP contribution in [0.15, 0.2) is 17.3 Å². The van der Waals surface area contributed by atoms with Crippen LogP contribution in [0.3, 0.4) is 0 Å². The summed E-state index contributed by atoms with van der Waals surface area (Å²) in [5, 5.41) is 19.4. The fraction of sp³-hybridized carbons (Fsp3) is 0. The van der Waals surface area contributed by atoms with E-state index in [4.69, 9.17) is 10.2 Å². The topological polar surface area (TPSA) is 64.9 Å². The zero-order valence-electron chi connectivity index (χ0n) is 4.00. The molecule has 4 nitrogen and oxygen atoms in total. The molecule has 3 N–H and O–H groups in total. The molecule has 1 rings (SSSR count). The summed E-state index contributed by atoms with van der Waals surface area (Å²) in [6.45, 7) is 0. The van der Waals surface area contributed by atoms with Gasteiger partial charge in [0.05, 0.1) is 0 Å². The third kappa shape index (κ3) is 0.974. The largest absolute Gasteiger partial charge is 0.493 e. The monoisotopic (exact) mass is 113 g/mol. The Morgan fingerprint density at radius 3 is 2.62 bits per heavy atom. The second-order valence-corrected chi connectivity index (χ2v) is 1.27. The second-order valence-electron chi connectivity index (χ2n) is 1.27. The summed E-state index contributed by atoms with van der Waals surface area (Å²) in [5.74, 6) is -0.193. The molecule has 1 aliphatic rings. The lowest BCUT2D eigenvalue weighted by atomic mass is 10.5. The summed E-state index contributed by atoms with van der Waals surface area (Å²) in [4.78, 5) is 3.23. The molecule has 43 valence electrons. The average molecular weight is 113 g/mol. The van der Waals surface area contributed by atoms with Crippen LogP contribution in [0, 0.1) is 6.35 Å². The lowest BCUT2D eigenvalue weighted by molar-refractivity contribution is 0.273. The molecule has 0 unspecified atom stereocenters. The Labute approximate surface area is 46.2 Å². The molecule has 0 atom stereocenters. The van der Waals surface area contributed by atoms with E-state index in [2.05, 4.69) is 10.3 Å². The maximum atomic E-state index is 8.52. The molecule has 0 amide bonds. The van der Waals surface area contributed by atoms with Crippen molar-refractivity contribution in [1.82, 2.24) is 5.32 Å². The standard InChI is InChI=1S/C4H5N2O2/c7-3-1-2-5-4(8)6-3/h1-2,5,8H,(H,6,7). The second kappa shape index (κ2) is 1.83. The van der Waals surface area contributed by atoms with Crippen LogP contribution in [-0.4, -0.2) is 16.1 Å². The van der Waals surface area contributed by atoms with Crippen LogP contribution in [0.25, 0.3) is 0 Å². The number of aliphatic imine (C=N–C) groups is 1. The highest BCUT2D eigenvalue weighted by molar-refractivity contribution is 5.86. The molecule has 1 radical (unpaired) electrons. The lowest BCUT2D eigenvalue weighted by Gasteiger charge is -2.05. The Bertz CT molecular complexity index is 141. The normalized spacial score (nSPS) is 19.9. The molecule has 4 heteroatoms. The van der Waals surface area contributed by atoms with E-state index >= 15 is 0 Å². The van der Waals surface area contributed by atoms with Crippen molar-refractivity contribution in [3.05, 3.63) is 18.6 Å².